The molecule has 92 valence electrons. The molecular formula is C12H23N3O. The predicted octanol–water partition coefficient (Wildman–Crippen LogP) is 1.56. The maximum Gasteiger partial charge on any atom is 0.220 e. The number of nitrogens with one attached hydrogen (secondary N) is 1. The molecule has 0 atom stereocenters. The molecule has 0 aliphatic carbocycles. The van der Waals surface area contributed by atoms with Gasteiger partial charge in [0.1, 0.15) is 0 Å². The maximum absolute atomic E-state index is 11.4. The Hall–Kier alpha value is -1.08. The summed E-state index contributed by atoms with van der Waals surface area (Å²) in [4.78, 5) is 11.4. The summed E-state index contributed by atoms with van der Waals surface area (Å²) in [6, 6.07) is 2.05. The molecule has 0 bridgehead atoms. The monoisotopic (exact) mass is 225 g/mol. The van der Waals surface area contributed by atoms with Crippen LogP contribution >= 0.6 is 0 Å². The van der Waals surface area contributed by atoms with Gasteiger partial charge in [0.05, 0.1) is 6.07 Å². The van der Waals surface area contributed by atoms with Gasteiger partial charge in [-0.3, -0.25) is 4.79 Å². The van der Waals surface area contributed by atoms with Gasteiger partial charge < -0.3 is 11.1 Å². The van der Waals surface area contributed by atoms with E-state index in [9.17, 15) is 4.79 Å². The van der Waals surface area contributed by atoms with E-state index in [1.165, 1.54) is 0 Å². The van der Waals surface area contributed by atoms with Crippen LogP contribution in [0.3, 0.4) is 0 Å². The quantitative estimate of drug-likeness (QED) is 0.615. The lowest BCUT2D eigenvalue weighted by molar-refractivity contribution is -0.121. The van der Waals surface area contributed by atoms with Crippen molar-refractivity contribution < 1.29 is 4.79 Å². The van der Waals surface area contributed by atoms with Gasteiger partial charge in [-0.2, -0.15) is 5.26 Å². The molecule has 16 heavy (non-hydrogen) atoms. The zero-order chi connectivity index (χ0) is 12.4. The van der Waals surface area contributed by atoms with Crippen LogP contribution in [0.2, 0.25) is 0 Å². The molecule has 0 unspecified atom stereocenters. The second-order valence-corrected chi connectivity index (χ2v) is 4.81. The third-order valence-electron chi connectivity index (χ3n) is 2.64. The summed E-state index contributed by atoms with van der Waals surface area (Å²) >= 11 is 0. The van der Waals surface area contributed by atoms with Gasteiger partial charge in [-0.05, 0) is 31.2 Å². The SMILES string of the molecule is CC(C)(CCN)CCC(=O)NCCCC#N. The van der Waals surface area contributed by atoms with Gasteiger partial charge in [-0.1, -0.05) is 13.8 Å². The van der Waals surface area contributed by atoms with Gasteiger partial charge in [-0.15, -0.1) is 0 Å². The van der Waals surface area contributed by atoms with Gasteiger partial charge >= 0.3 is 0 Å². The topological polar surface area (TPSA) is 78.9 Å². The molecule has 3 N–H and O–H groups in total. The average Bonchev–Trinajstić information content (AvgIpc) is 2.22. The van der Waals surface area contributed by atoms with Crippen LogP contribution in [0.25, 0.3) is 0 Å². The van der Waals surface area contributed by atoms with Crippen molar-refractivity contribution in [2.75, 3.05) is 13.1 Å². The van der Waals surface area contributed by atoms with Crippen molar-refractivity contribution in [2.45, 2.75) is 46.0 Å². The van der Waals surface area contributed by atoms with Crippen molar-refractivity contribution >= 4 is 5.91 Å². The molecule has 0 saturated carbocycles. The van der Waals surface area contributed by atoms with Gasteiger partial charge in [0.25, 0.3) is 0 Å². The van der Waals surface area contributed by atoms with Gasteiger partial charge in [0.2, 0.25) is 5.91 Å². The van der Waals surface area contributed by atoms with Crippen LogP contribution in [0, 0.1) is 16.7 Å². The number of unbranched alkanes of at least 4 members (excludes halogenated alkanes) is 1. The normalized spacial score (nSPS) is 10.9. The van der Waals surface area contributed by atoms with Gasteiger partial charge in [-0.25, -0.2) is 0 Å². The standard InChI is InChI=1S/C12H23N3O/c1-12(2,7-9-14)6-5-11(16)15-10-4-3-8-13/h3-7,9-10,14H2,1-2H3,(H,15,16). The zero-order valence-electron chi connectivity index (χ0n) is 10.4. The highest BCUT2D eigenvalue weighted by molar-refractivity contribution is 5.75. The Morgan fingerprint density at radius 3 is 2.69 bits per heavy atom. The number of nitriles is 1. The van der Waals surface area contributed by atoms with E-state index in [1.54, 1.807) is 0 Å². The van der Waals surface area contributed by atoms with E-state index in [0.29, 0.717) is 25.9 Å². The zero-order valence-corrected chi connectivity index (χ0v) is 10.4. The molecule has 1 amide bonds. The number of carbonyl (C=O) groups excluding carboxylic acids is 1. The summed E-state index contributed by atoms with van der Waals surface area (Å²) in [7, 11) is 0. The second kappa shape index (κ2) is 8.12. The molecule has 0 rings (SSSR count). The van der Waals surface area contributed by atoms with Crippen LogP contribution in [-0.2, 0) is 4.79 Å². The third kappa shape index (κ3) is 8.25. The Kier molecular flexibility index (Phi) is 7.57. The Morgan fingerprint density at radius 1 is 1.44 bits per heavy atom. The smallest absolute Gasteiger partial charge is 0.220 e. The van der Waals surface area contributed by atoms with Gasteiger partial charge in [0.15, 0.2) is 0 Å². The minimum Gasteiger partial charge on any atom is -0.356 e. The summed E-state index contributed by atoms with van der Waals surface area (Å²) < 4.78 is 0. The lowest BCUT2D eigenvalue weighted by Crippen LogP contribution is -2.26. The second-order valence-electron chi connectivity index (χ2n) is 4.81. The molecule has 0 aliphatic rings. The number of nitrogens with two attached hydrogens (primary N) is 1. The maximum atomic E-state index is 11.4. The fourth-order valence-corrected chi connectivity index (χ4v) is 1.45. The summed E-state index contributed by atoms with van der Waals surface area (Å²) in [5, 5.41) is 11.1. The van der Waals surface area contributed by atoms with E-state index in [1.807, 2.05) is 6.07 Å². The summed E-state index contributed by atoms with van der Waals surface area (Å²) in [5.74, 6) is 0.0723. The molecule has 0 aromatic carbocycles. The van der Waals surface area contributed by atoms with Crippen molar-refractivity contribution in [3.05, 3.63) is 0 Å². The molecule has 0 fully saturated rings. The lowest BCUT2D eigenvalue weighted by Gasteiger charge is -2.23. The fraction of sp³-hybridized carbons (Fsp3) is 0.833. The molecule has 0 aliphatic heterocycles. The molecule has 0 heterocycles. The van der Waals surface area contributed by atoms with E-state index in [4.69, 9.17) is 11.0 Å². The largest absolute Gasteiger partial charge is 0.356 e. The van der Waals surface area contributed by atoms with Crippen molar-refractivity contribution in [3.8, 4) is 6.07 Å². The van der Waals surface area contributed by atoms with Crippen LogP contribution in [0.5, 0.6) is 0 Å². The first-order valence-corrected chi connectivity index (χ1v) is 5.85. The summed E-state index contributed by atoms with van der Waals surface area (Å²) in [5.41, 5.74) is 5.64. The number of rotatable bonds is 8. The number of amides is 1. The Labute approximate surface area is 98.2 Å². The highest BCUT2D eigenvalue weighted by Crippen LogP contribution is 2.25. The fourth-order valence-electron chi connectivity index (χ4n) is 1.45. The summed E-state index contributed by atoms with van der Waals surface area (Å²) in [6.07, 6.45) is 3.57. The van der Waals surface area contributed by atoms with E-state index < -0.39 is 0 Å². The van der Waals surface area contributed by atoms with E-state index in [0.717, 1.165) is 19.3 Å². The van der Waals surface area contributed by atoms with E-state index >= 15 is 0 Å². The minimum atomic E-state index is 0.0723. The first-order chi connectivity index (χ1) is 7.52. The number of carbonyl (C=O) groups is 1. The number of hydrogen-bond donors (Lipinski definition) is 2. The average molecular weight is 225 g/mol. The Bertz CT molecular complexity index is 243. The van der Waals surface area contributed by atoms with Crippen molar-refractivity contribution in [1.82, 2.24) is 5.32 Å². The first kappa shape index (κ1) is 14.9. The molecule has 4 nitrogen and oxygen atoms in total. The molecule has 0 aromatic rings. The van der Waals surface area contributed by atoms with E-state index in [-0.39, 0.29) is 11.3 Å². The Morgan fingerprint density at radius 2 is 2.12 bits per heavy atom. The molecule has 4 heteroatoms. The van der Waals surface area contributed by atoms with Crippen molar-refractivity contribution in [2.24, 2.45) is 11.1 Å². The molecule has 0 saturated heterocycles. The van der Waals surface area contributed by atoms with Crippen molar-refractivity contribution in [3.63, 3.8) is 0 Å². The first-order valence-electron chi connectivity index (χ1n) is 5.85. The van der Waals surface area contributed by atoms with Gasteiger partial charge in [0, 0.05) is 19.4 Å². The molecule has 0 radical (unpaired) electrons. The van der Waals surface area contributed by atoms with Crippen LogP contribution in [0.4, 0.5) is 0 Å². The predicted molar refractivity (Wildman–Crippen MR) is 64.5 cm³/mol. The number of hydrogen-bond acceptors (Lipinski definition) is 3. The molecular weight excluding hydrogens is 202 g/mol. The lowest BCUT2D eigenvalue weighted by atomic mass is 9.84. The minimum absolute atomic E-state index is 0.0723. The highest BCUT2D eigenvalue weighted by Gasteiger charge is 2.17. The van der Waals surface area contributed by atoms with Crippen LogP contribution in [-0.4, -0.2) is 19.0 Å². The molecule has 0 spiro atoms. The molecule has 0 aromatic heterocycles. The van der Waals surface area contributed by atoms with Crippen molar-refractivity contribution in [1.29, 1.82) is 5.26 Å². The van der Waals surface area contributed by atoms with Crippen LogP contribution < -0.4 is 11.1 Å². The number of nitrogens with zero attached hydrogens (tertiary/aromatic N) is 1. The highest BCUT2D eigenvalue weighted by atomic mass is 16.1. The Balaban J connectivity index is 3.61. The van der Waals surface area contributed by atoms with Crippen LogP contribution in [0.15, 0.2) is 0 Å². The summed E-state index contributed by atoms with van der Waals surface area (Å²) in [6.45, 7) is 5.52. The van der Waals surface area contributed by atoms with Crippen LogP contribution in [0.1, 0.15) is 46.0 Å². The van der Waals surface area contributed by atoms with E-state index in [2.05, 4.69) is 19.2 Å². The third-order valence-corrected chi connectivity index (χ3v) is 2.64.